The Kier molecular flexibility index (Phi) is 3.23. The molecule has 0 aromatic heterocycles. The molecule has 2 aliphatic rings. The minimum absolute atomic E-state index is 0.0134. The summed E-state index contributed by atoms with van der Waals surface area (Å²) in [5.41, 5.74) is 5.95. The number of hydrogen-bond donors (Lipinski definition) is 2. The van der Waals surface area contributed by atoms with E-state index in [9.17, 15) is 8.42 Å². The van der Waals surface area contributed by atoms with Gasteiger partial charge in [-0.2, -0.15) is 0 Å². The first kappa shape index (κ1) is 13.2. The summed E-state index contributed by atoms with van der Waals surface area (Å²) in [5, 5.41) is 0.177. The van der Waals surface area contributed by atoms with E-state index in [2.05, 4.69) is 4.72 Å². The first-order valence-electron chi connectivity index (χ1n) is 6.53. The molecule has 104 valence electrons. The van der Waals surface area contributed by atoms with Crippen molar-refractivity contribution in [3.05, 3.63) is 23.2 Å². The van der Waals surface area contributed by atoms with Crippen LogP contribution in [0.5, 0.6) is 0 Å². The van der Waals surface area contributed by atoms with Crippen LogP contribution in [0.4, 0.5) is 5.69 Å². The third kappa shape index (κ3) is 2.35. The van der Waals surface area contributed by atoms with Crippen LogP contribution >= 0.6 is 11.6 Å². The van der Waals surface area contributed by atoms with Crippen LogP contribution in [0, 0.1) is 11.8 Å². The van der Waals surface area contributed by atoms with Gasteiger partial charge in [0.05, 0.1) is 10.7 Å². The van der Waals surface area contributed by atoms with Crippen molar-refractivity contribution in [1.29, 1.82) is 0 Å². The summed E-state index contributed by atoms with van der Waals surface area (Å²) in [6.07, 6.45) is 4.44. The van der Waals surface area contributed by atoms with Crippen LogP contribution in [0.2, 0.25) is 5.02 Å². The highest BCUT2D eigenvalue weighted by Gasteiger charge is 2.41. The van der Waals surface area contributed by atoms with E-state index in [1.165, 1.54) is 6.42 Å². The zero-order chi connectivity index (χ0) is 13.6. The minimum Gasteiger partial charge on any atom is -0.398 e. The SMILES string of the molecule is Nc1cccc(Cl)c1S(=O)(=O)NC1CC2CCC1C2. The molecule has 2 fully saturated rings. The van der Waals surface area contributed by atoms with E-state index in [0.717, 1.165) is 19.3 Å². The summed E-state index contributed by atoms with van der Waals surface area (Å²) in [4.78, 5) is 0.0134. The molecule has 2 bridgehead atoms. The van der Waals surface area contributed by atoms with E-state index in [1.54, 1.807) is 18.2 Å². The van der Waals surface area contributed by atoms with Crippen molar-refractivity contribution in [3.63, 3.8) is 0 Å². The van der Waals surface area contributed by atoms with Gasteiger partial charge in [0.2, 0.25) is 10.0 Å². The van der Waals surface area contributed by atoms with E-state index >= 15 is 0 Å². The van der Waals surface area contributed by atoms with E-state index in [1.807, 2.05) is 0 Å². The lowest BCUT2D eigenvalue weighted by molar-refractivity contribution is 0.390. The molecule has 0 heterocycles. The van der Waals surface area contributed by atoms with Crippen LogP contribution in [0.3, 0.4) is 0 Å². The van der Waals surface area contributed by atoms with Gasteiger partial charge >= 0.3 is 0 Å². The minimum atomic E-state index is -3.63. The second-order valence-corrected chi connectivity index (χ2v) is 7.62. The Labute approximate surface area is 118 Å². The molecule has 2 aliphatic carbocycles. The average molecular weight is 301 g/mol. The average Bonchev–Trinajstić information content (AvgIpc) is 2.89. The third-order valence-electron chi connectivity index (χ3n) is 4.31. The van der Waals surface area contributed by atoms with Crippen molar-refractivity contribution in [2.75, 3.05) is 5.73 Å². The fraction of sp³-hybridized carbons (Fsp3) is 0.538. The van der Waals surface area contributed by atoms with Crippen molar-refractivity contribution in [2.45, 2.75) is 36.6 Å². The Hall–Kier alpha value is -0.780. The molecule has 0 radical (unpaired) electrons. The Morgan fingerprint density at radius 1 is 1.26 bits per heavy atom. The number of rotatable bonds is 3. The quantitative estimate of drug-likeness (QED) is 0.842. The number of nitrogens with two attached hydrogens (primary N) is 1. The molecule has 3 rings (SSSR count). The van der Waals surface area contributed by atoms with Crippen LogP contribution in [0.1, 0.15) is 25.7 Å². The van der Waals surface area contributed by atoms with Gasteiger partial charge < -0.3 is 5.73 Å². The predicted molar refractivity (Wildman–Crippen MR) is 75.4 cm³/mol. The van der Waals surface area contributed by atoms with Crippen LogP contribution in [0.15, 0.2) is 23.1 Å². The van der Waals surface area contributed by atoms with Crippen molar-refractivity contribution in [3.8, 4) is 0 Å². The molecule has 6 heteroatoms. The van der Waals surface area contributed by atoms with Gasteiger partial charge in [0.25, 0.3) is 0 Å². The van der Waals surface area contributed by atoms with Gasteiger partial charge in [-0.25, -0.2) is 13.1 Å². The summed E-state index contributed by atoms with van der Waals surface area (Å²) in [5.74, 6) is 1.16. The zero-order valence-electron chi connectivity index (χ0n) is 10.5. The number of hydrogen-bond acceptors (Lipinski definition) is 3. The lowest BCUT2D eigenvalue weighted by atomic mass is 9.96. The van der Waals surface area contributed by atoms with Crippen molar-refractivity contribution < 1.29 is 8.42 Å². The number of nitrogen functional groups attached to an aromatic ring is 1. The Morgan fingerprint density at radius 3 is 2.63 bits per heavy atom. The van der Waals surface area contributed by atoms with Gasteiger partial charge in [0.15, 0.2) is 0 Å². The summed E-state index contributed by atoms with van der Waals surface area (Å²) >= 11 is 5.98. The van der Waals surface area contributed by atoms with Crippen molar-refractivity contribution in [1.82, 2.24) is 4.72 Å². The van der Waals surface area contributed by atoms with Crippen LogP contribution < -0.4 is 10.5 Å². The molecule has 2 saturated carbocycles. The monoisotopic (exact) mass is 300 g/mol. The first-order chi connectivity index (χ1) is 8.97. The molecule has 0 spiro atoms. The number of fused-ring (bicyclic) bond motifs is 2. The number of benzene rings is 1. The number of sulfonamides is 1. The molecule has 3 unspecified atom stereocenters. The predicted octanol–water partition coefficient (Wildman–Crippen LogP) is 2.39. The van der Waals surface area contributed by atoms with Gasteiger partial charge in [-0.15, -0.1) is 0 Å². The van der Waals surface area contributed by atoms with E-state index in [-0.39, 0.29) is 21.6 Å². The molecular weight excluding hydrogens is 284 g/mol. The van der Waals surface area contributed by atoms with Crippen molar-refractivity contribution in [2.24, 2.45) is 11.8 Å². The second kappa shape index (κ2) is 4.65. The van der Waals surface area contributed by atoms with Crippen LogP contribution in [-0.2, 0) is 10.0 Å². The largest absolute Gasteiger partial charge is 0.398 e. The normalized spacial score (nSPS) is 29.8. The fourth-order valence-electron chi connectivity index (χ4n) is 3.46. The molecule has 0 amide bonds. The van der Waals surface area contributed by atoms with E-state index < -0.39 is 10.0 Å². The smallest absolute Gasteiger partial charge is 0.244 e. The maximum atomic E-state index is 12.4. The topological polar surface area (TPSA) is 72.2 Å². The highest BCUT2D eigenvalue weighted by Crippen LogP contribution is 2.45. The van der Waals surface area contributed by atoms with E-state index in [4.69, 9.17) is 17.3 Å². The molecule has 3 atom stereocenters. The summed E-state index contributed by atoms with van der Waals surface area (Å²) < 4.78 is 27.7. The van der Waals surface area contributed by atoms with Crippen LogP contribution in [-0.4, -0.2) is 14.5 Å². The van der Waals surface area contributed by atoms with Gasteiger partial charge in [-0.05, 0) is 43.2 Å². The van der Waals surface area contributed by atoms with E-state index in [0.29, 0.717) is 11.8 Å². The Morgan fingerprint density at radius 2 is 2.05 bits per heavy atom. The Bertz CT molecular complexity index is 582. The molecule has 4 nitrogen and oxygen atoms in total. The number of nitrogens with one attached hydrogen (secondary N) is 1. The molecule has 0 aliphatic heterocycles. The second-order valence-electron chi connectivity index (χ2n) is 5.56. The van der Waals surface area contributed by atoms with Gasteiger partial charge in [0, 0.05) is 6.04 Å². The highest BCUT2D eigenvalue weighted by atomic mass is 35.5. The van der Waals surface area contributed by atoms with Gasteiger partial charge in [-0.1, -0.05) is 24.1 Å². The lowest BCUT2D eigenvalue weighted by Gasteiger charge is -2.23. The first-order valence-corrected chi connectivity index (χ1v) is 8.40. The summed E-state index contributed by atoms with van der Waals surface area (Å²) in [6, 6.07) is 4.79. The molecule has 0 saturated heterocycles. The maximum absolute atomic E-state index is 12.4. The molecule has 1 aromatic carbocycles. The van der Waals surface area contributed by atoms with Crippen LogP contribution in [0.25, 0.3) is 0 Å². The number of anilines is 1. The summed E-state index contributed by atoms with van der Waals surface area (Å²) in [7, 11) is -3.63. The third-order valence-corrected chi connectivity index (χ3v) is 6.34. The van der Waals surface area contributed by atoms with Crippen molar-refractivity contribution >= 4 is 27.3 Å². The maximum Gasteiger partial charge on any atom is 0.244 e. The zero-order valence-corrected chi connectivity index (χ0v) is 12.0. The molecular formula is C13H17ClN2O2S. The van der Waals surface area contributed by atoms with Gasteiger partial charge in [-0.3, -0.25) is 0 Å². The molecule has 3 N–H and O–H groups in total. The standard InChI is InChI=1S/C13H17ClN2O2S/c14-10-2-1-3-11(15)13(10)19(17,18)16-12-7-8-4-5-9(12)6-8/h1-3,8-9,12,16H,4-7,15H2. The summed E-state index contributed by atoms with van der Waals surface area (Å²) in [6.45, 7) is 0. The fourth-order valence-corrected chi connectivity index (χ4v) is 5.45. The molecule has 1 aromatic rings. The lowest BCUT2D eigenvalue weighted by Crippen LogP contribution is -2.38. The number of halogens is 1. The van der Waals surface area contributed by atoms with Gasteiger partial charge in [0.1, 0.15) is 4.90 Å². The molecule has 19 heavy (non-hydrogen) atoms. The Balaban J connectivity index is 1.87. The highest BCUT2D eigenvalue weighted by molar-refractivity contribution is 7.89.